The van der Waals surface area contributed by atoms with Crippen LogP contribution in [-0.2, 0) is 17.8 Å². The molecule has 2 fully saturated rings. The first-order chi connectivity index (χ1) is 9.28. The summed E-state index contributed by atoms with van der Waals surface area (Å²) in [7, 11) is 0. The second-order valence-electron chi connectivity index (χ2n) is 5.50. The summed E-state index contributed by atoms with van der Waals surface area (Å²) in [5.74, 6) is -0.177. The Bertz CT molecular complexity index is 452. The quantitative estimate of drug-likeness (QED) is 0.908. The largest absolute Gasteiger partial charge is 0.375 e. The summed E-state index contributed by atoms with van der Waals surface area (Å²) in [6, 6.07) is 5.42. The fourth-order valence-corrected chi connectivity index (χ4v) is 3.36. The van der Waals surface area contributed by atoms with Crippen LogP contribution in [0.5, 0.6) is 0 Å². The zero-order chi connectivity index (χ0) is 13.2. The van der Waals surface area contributed by atoms with E-state index in [0.29, 0.717) is 18.7 Å². The average molecular weight is 264 g/mol. The molecular formula is C15H21FN2O. The fraction of sp³-hybridized carbons (Fsp3) is 0.600. The van der Waals surface area contributed by atoms with E-state index in [1.165, 1.54) is 18.9 Å². The monoisotopic (exact) mass is 264 g/mol. The lowest BCUT2D eigenvalue weighted by molar-refractivity contribution is -0.0589. The first kappa shape index (κ1) is 13.0. The summed E-state index contributed by atoms with van der Waals surface area (Å²) in [5.41, 5.74) is 7.81. The minimum atomic E-state index is -0.177. The van der Waals surface area contributed by atoms with Gasteiger partial charge in [-0.25, -0.2) is 4.39 Å². The second kappa shape index (κ2) is 5.57. The standard InChI is InChI=1S/C15H21FN2O/c16-13-5-4-11(9-17)12(8-13)10-18-6-7-19-15-3-1-2-14(15)18/h4-5,8,14-15H,1-3,6-7,9-10,17H2. The molecule has 1 aliphatic carbocycles. The number of rotatable bonds is 3. The van der Waals surface area contributed by atoms with Crippen LogP contribution in [0.4, 0.5) is 4.39 Å². The second-order valence-corrected chi connectivity index (χ2v) is 5.50. The van der Waals surface area contributed by atoms with Gasteiger partial charge in [0.15, 0.2) is 0 Å². The van der Waals surface area contributed by atoms with Crippen molar-refractivity contribution in [3.05, 3.63) is 35.1 Å². The Hall–Kier alpha value is -0.970. The number of hydrogen-bond donors (Lipinski definition) is 1. The Balaban J connectivity index is 1.78. The molecule has 104 valence electrons. The molecule has 2 aliphatic rings. The number of benzene rings is 1. The molecular weight excluding hydrogens is 243 g/mol. The smallest absolute Gasteiger partial charge is 0.123 e. The number of morpholine rings is 1. The zero-order valence-electron chi connectivity index (χ0n) is 11.1. The molecule has 1 aliphatic heterocycles. The van der Waals surface area contributed by atoms with Crippen molar-refractivity contribution in [2.24, 2.45) is 5.73 Å². The van der Waals surface area contributed by atoms with Crippen LogP contribution in [0.1, 0.15) is 30.4 Å². The molecule has 1 aromatic rings. The number of hydrogen-bond acceptors (Lipinski definition) is 3. The molecule has 1 heterocycles. The molecule has 2 unspecified atom stereocenters. The summed E-state index contributed by atoms with van der Waals surface area (Å²) < 4.78 is 19.2. The average Bonchev–Trinajstić information content (AvgIpc) is 2.88. The highest BCUT2D eigenvalue weighted by molar-refractivity contribution is 5.28. The summed E-state index contributed by atoms with van der Waals surface area (Å²) in [6.45, 7) is 2.97. The normalized spacial score (nSPS) is 27.5. The molecule has 3 rings (SSSR count). The number of halogens is 1. The van der Waals surface area contributed by atoms with Crippen molar-refractivity contribution in [2.45, 2.75) is 44.5 Å². The highest BCUT2D eigenvalue weighted by Gasteiger charge is 2.35. The van der Waals surface area contributed by atoms with E-state index in [0.717, 1.165) is 37.2 Å². The Kier molecular flexibility index (Phi) is 3.82. The summed E-state index contributed by atoms with van der Waals surface area (Å²) >= 11 is 0. The first-order valence-electron chi connectivity index (χ1n) is 7.11. The van der Waals surface area contributed by atoms with Gasteiger partial charge in [0.25, 0.3) is 0 Å². The predicted octanol–water partition coefficient (Wildman–Crippen LogP) is 2.04. The lowest BCUT2D eigenvalue weighted by Gasteiger charge is -2.38. The molecule has 0 amide bonds. The highest BCUT2D eigenvalue weighted by atomic mass is 19.1. The molecule has 4 heteroatoms. The van der Waals surface area contributed by atoms with Gasteiger partial charge in [0.1, 0.15) is 5.82 Å². The number of fused-ring (bicyclic) bond motifs is 1. The maximum absolute atomic E-state index is 13.4. The number of ether oxygens (including phenoxy) is 1. The third-order valence-corrected chi connectivity index (χ3v) is 4.36. The van der Waals surface area contributed by atoms with Gasteiger partial charge in [-0.05, 0) is 42.5 Å². The van der Waals surface area contributed by atoms with E-state index in [4.69, 9.17) is 10.5 Å². The first-order valence-corrected chi connectivity index (χ1v) is 7.11. The van der Waals surface area contributed by atoms with Crippen molar-refractivity contribution in [3.8, 4) is 0 Å². The van der Waals surface area contributed by atoms with Crippen LogP contribution < -0.4 is 5.73 Å². The minimum Gasteiger partial charge on any atom is -0.375 e. The summed E-state index contributed by atoms with van der Waals surface area (Å²) in [4.78, 5) is 2.44. The van der Waals surface area contributed by atoms with Crippen LogP contribution in [0.2, 0.25) is 0 Å². The van der Waals surface area contributed by atoms with E-state index < -0.39 is 0 Å². The maximum Gasteiger partial charge on any atom is 0.123 e. The van der Waals surface area contributed by atoms with Gasteiger partial charge >= 0.3 is 0 Å². The predicted molar refractivity (Wildman–Crippen MR) is 72.1 cm³/mol. The minimum absolute atomic E-state index is 0.177. The van der Waals surface area contributed by atoms with E-state index in [1.54, 1.807) is 12.1 Å². The lowest BCUT2D eigenvalue weighted by atomic mass is 10.0. The molecule has 19 heavy (non-hydrogen) atoms. The zero-order valence-corrected chi connectivity index (χ0v) is 11.1. The molecule has 1 aromatic carbocycles. The van der Waals surface area contributed by atoms with Crippen LogP contribution in [-0.4, -0.2) is 30.2 Å². The van der Waals surface area contributed by atoms with E-state index >= 15 is 0 Å². The van der Waals surface area contributed by atoms with Crippen LogP contribution in [0, 0.1) is 5.82 Å². The van der Waals surface area contributed by atoms with Gasteiger partial charge in [0, 0.05) is 25.7 Å². The van der Waals surface area contributed by atoms with Gasteiger partial charge in [-0.2, -0.15) is 0 Å². The van der Waals surface area contributed by atoms with E-state index in [9.17, 15) is 4.39 Å². The molecule has 1 saturated carbocycles. The Morgan fingerprint density at radius 2 is 2.21 bits per heavy atom. The maximum atomic E-state index is 13.4. The van der Waals surface area contributed by atoms with Crippen LogP contribution in [0.25, 0.3) is 0 Å². The molecule has 0 radical (unpaired) electrons. The summed E-state index contributed by atoms with van der Waals surface area (Å²) in [5, 5.41) is 0. The molecule has 1 saturated heterocycles. The van der Waals surface area contributed by atoms with E-state index in [-0.39, 0.29) is 5.82 Å². The third-order valence-electron chi connectivity index (χ3n) is 4.36. The summed E-state index contributed by atoms with van der Waals surface area (Å²) in [6.07, 6.45) is 3.97. The Labute approximate surface area is 113 Å². The molecule has 0 spiro atoms. The van der Waals surface area contributed by atoms with Crippen molar-refractivity contribution in [3.63, 3.8) is 0 Å². The van der Waals surface area contributed by atoms with Gasteiger partial charge in [0.05, 0.1) is 12.7 Å². The third kappa shape index (κ3) is 2.66. The van der Waals surface area contributed by atoms with Gasteiger partial charge in [-0.15, -0.1) is 0 Å². The molecule has 3 nitrogen and oxygen atoms in total. The van der Waals surface area contributed by atoms with Crippen LogP contribution >= 0.6 is 0 Å². The van der Waals surface area contributed by atoms with Crippen molar-refractivity contribution in [1.82, 2.24) is 4.90 Å². The fourth-order valence-electron chi connectivity index (χ4n) is 3.36. The van der Waals surface area contributed by atoms with Gasteiger partial charge < -0.3 is 10.5 Å². The molecule has 2 N–H and O–H groups in total. The van der Waals surface area contributed by atoms with Crippen molar-refractivity contribution in [1.29, 1.82) is 0 Å². The van der Waals surface area contributed by atoms with Gasteiger partial charge in [-0.1, -0.05) is 6.07 Å². The van der Waals surface area contributed by atoms with Crippen molar-refractivity contribution >= 4 is 0 Å². The van der Waals surface area contributed by atoms with Crippen molar-refractivity contribution < 1.29 is 9.13 Å². The molecule has 0 bridgehead atoms. The highest BCUT2D eigenvalue weighted by Crippen LogP contribution is 2.31. The Morgan fingerprint density at radius 3 is 3.05 bits per heavy atom. The lowest BCUT2D eigenvalue weighted by Crippen LogP contribution is -2.48. The van der Waals surface area contributed by atoms with E-state index in [2.05, 4.69) is 4.90 Å². The van der Waals surface area contributed by atoms with Gasteiger partial charge in [0.2, 0.25) is 0 Å². The van der Waals surface area contributed by atoms with Crippen LogP contribution in [0.15, 0.2) is 18.2 Å². The number of nitrogens with zero attached hydrogens (tertiary/aromatic N) is 1. The topological polar surface area (TPSA) is 38.5 Å². The van der Waals surface area contributed by atoms with Gasteiger partial charge in [-0.3, -0.25) is 4.90 Å². The molecule has 0 aromatic heterocycles. The van der Waals surface area contributed by atoms with E-state index in [1.807, 2.05) is 0 Å². The van der Waals surface area contributed by atoms with Crippen LogP contribution in [0.3, 0.4) is 0 Å². The van der Waals surface area contributed by atoms with Crippen molar-refractivity contribution in [2.75, 3.05) is 13.2 Å². The molecule has 2 atom stereocenters. The number of nitrogens with two attached hydrogens (primary N) is 1. The SMILES string of the molecule is NCc1ccc(F)cc1CN1CCOC2CCCC21. The Morgan fingerprint density at radius 1 is 1.32 bits per heavy atom.